The van der Waals surface area contributed by atoms with E-state index in [2.05, 4.69) is 15.3 Å². The van der Waals surface area contributed by atoms with E-state index >= 15 is 0 Å². The Labute approximate surface area is 135 Å². The molecule has 3 atom stereocenters. The Kier molecular flexibility index (Phi) is 5.04. The van der Waals surface area contributed by atoms with Gasteiger partial charge in [0.25, 0.3) is 0 Å². The van der Waals surface area contributed by atoms with Gasteiger partial charge in [-0.3, -0.25) is 4.79 Å². The first-order valence-electron chi connectivity index (χ1n) is 7.31. The lowest BCUT2D eigenvalue weighted by Gasteiger charge is -2.30. The van der Waals surface area contributed by atoms with Crippen molar-refractivity contribution in [1.29, 1.82) is 0 Å². The molecule has 1 unspecified atom stereocenters. The maximum Gasteiger partial charge on any atom is 0.229 e. The standard InChI is InChI=1S/C15H22ClN3O3/c1-8(22-15(2,3)4)10-6-17-13(21)12(10)11-5-9(7-20)18-14(16)19-11/h5,8,10,12,20H,6-7H2,1-4H3,(H,17,21)/t8-,10?,12-/m1/s1. The number of halogens is 1. The molecule has 0 bridgehead atoms. The molecule has 6 nitrogen and oxygen atoms in total. The van der Waals surface area contributed by atoms with Crippen LogP contribution in [0.15, 0.2) is 6.07 Å². The number of nitrogens with zero attached hydrogens (tertiary/aromatic N) is 2. The number of aromatic nitrogens is 2. The summed E-state index contributed by atoms with van der Waals surface area (Å²) in [5.41, 5.74) is 0.626. The number of hydrogen-bond donors (Lipinski definition) is 2. The molecule has 1 aromatic rings. The van der Waals surface area contributed by atoms with Gasteiger partial charge in [0.05, 0.1) is 35.6 Å². The van der Waals surface area contributed by atoms with Crippen LogP contribution in [0, 0.1) is 5.92 Å². The highest BCUT2D eigenvalue weighted by Crippen LogP contribution is 2.33. The molecule has 0 spiro atoms. The summed E-state index contributed by atoms with van der Waals surface area (Å²) < 4.78 is 5.99. The first-order chi connectivity index (χ1) is 10.2. The van der Waals surface area contributed by atoms with Gasteiger partial charge in [-0.05, 0) is 45.4 Å². The highest BCUT2D eigenvalue weighted by atomic mass is 35.5. The SMILES string of the molecule is C[C@@H](OC(C)(C)C)C1CNC(=O)[C@H]1c1cc(CO)nc(Cl)n1. The van der Waals surface area contributed by atoms with Gasteiger partial charge in [-0.25, -0.2) is 9.97 Å². The van der Waals surface area contributed by atoms with Gasteiger partial charge in [0.2, 0.25) is 11.2 Å². The molecule has 1 fully saturated rings. The Morgan fingerprint density at radius 2 is 2.18 bits per heavy atom. The first-order valence-corrected chi connectivity index (χ1v) is 7.69. The number of carbonyl (C=O) groups excluding carboxylic acids is 1. The zero-order valence-corrected chi connectivity index (χ0v) is 14.0. The number of carbonyl (C=O) groups is 1. The van der Waals surface area contributed by atoms with Gasteiger partial charge in [-0.2, -0.15) is 0 Å². The molecule has 2 heterocycles. The second-order valence-corrected chi connectivity index (χ2v) is 6.87. The Hall–Kier alpha value is -1.24. The van der Waals surface area contributed by atoms with E-state index in [0.717, 1.165) is 0 Å². The van der Waals surface area contributed by atoms with Gasteiger partial charge in [0.1, 0.15) is 0 Å². The fraction of sp³-hybridized carbons (Fsp3) is 0.667. The van der Waals surface area contributed by atoms with E-state index in [9.17, 15) is 9.90 Å². The quantitative estimate of drug-likeness (QED) is 0.822. The smallest absolute Gasteiger partial charge is 0.229 e. The van der Waals surface area contributed by atoms with Crippen LogP contribution in [0.4, 0.5) is 0 Å². The summed E-state index contributed by atoms with van der Waals surface area (Å²) in [4.78, 5) is 20.3. The summed E-state index contributed by atoms with van der Waals surface area (Å²) in [7, 11) is 0. The molecule has 7 heteroatoms. The molecule has 0 aliphatic carbocycles. The van der Waals surface area contributed by atoms with Crippen molar-refractivity contribution >= 4 is 17.5 Å². The molecule has 22 heavy (non-hydrogen) atoms. The zero-order valence-electron chi connectivity index (χ0n) is 13.3. The van der Waals surface area contributed by atoms with Crippen molar-refractivity contribution in [2.45, 2.75) is 51.9 Å². The Morgan fingerprint density at radius 1 is 1.50 bits per heavy atom. The monoisotopic (exact) mass is 327 g/mol. The minimum Gasteiger partial charge on any atom is -0.390 e. The van der Waals surface area contributed by atoms with Gasteiger partial charge in [0.15, 0.2) is 0 Å². The predicted molar refractivity (Wildman–Crippen MR) is 82.5 cm³/mol. The highest BCUT2D eigenvalue weighted by Gasteiger charge is 2.41. The maximum absolute atomic E-state index is 12.2. The second-order valence-electron chi connectivity index (χ2n) is 6.53. The molecule has 2 N–H and O–H groups in total. The maximum atomic E-state index is 12.2. The lowest BCUT2D eigenvalue weighted by Crippen LogP contribution is -2.34. The molecule has 1 saturated heterocycles. The van der Waals surface area contributed by atoms with Crippen LogP contribution in [0.1, 0.15) is 45.0 Å². The van der Waals surface area contributed by atoms with Gasteiger partial charge in [0, 0.05) is 12.5 Å². The Morgan fingerprint density at radius 3 is 2.77 bits per heavy atom. The first kappa shape index (κ1) is 17.1. The third-order valence-corrected chi connectivity index (χ3v) is 3.79. The van der Waals surface area contributed by atoms with E-state index in [1.165, 1.54) is 0 Å². The fourth-order valence-electron chi connectivity index (χ4n) is 2.80. The minimum atomic E-state index is -0.455. The minimum absolute atomic E-state index is 0.0318. The van der Waals surface area contributed by atoms with Crippen LogP contribution < -0.4 is 5.32 Å². The van der Waals surface area contributed by atoms with E-state index in [4.69, 9.17) is 16.3 Å². The van der Waals surface area contributed by atoms with Crippen molar-refractivity contribution in [3.05, 3.63) is 22.7 Å². The van der Waals surface area contributed by atoms with Crippen LogP contribution in [0.3, 0.4) is 0 Å². The van der Waals surface area contributed by atoms with Crippen molar-refractivity contribution in [3.8, 4) is 0 Å². The Bertz CT molecular complexity index is 559. The van der Waals surface area contributed by atoms with Crippen molar-refractivity contribution < 1.29 is 14.6 Å². The lowest BCUT2D eigenvalue weighted by atomic mass is 9.87. The number of amides is 1. The summed E-state index contributed by atoms with van der Waals surface area (Å²) >= 11 is 5.89. The third-order valence-electron chi connectivity index (χ3n) is 3.62. The normalized spacial score (nSPS) is 23.5. The number of aliphatic hydroxyl groups excluding tert-OH is 1. The van der Waals surface area contributed by atoms with Crippen LogP contribution in [-0.4, -0.2) is 39.2 Å². The van der Waals surface area contributed by atoms with Gasteiger partial charge in [-0.15, -0.1) is 0 Å². The second kappa shape index (κ2) is 6.48. The third kappa shape index (κ3) is 3.94. The zero-order chi connectivity index (χ0) is 16.5. The number of aliphatic hydroxyl groups is 1. The largest absolute Gasteiger partial charge is 0.390 e. The summed E-state index contributed by atoms with van der Waals surface area (Å²) in [6.07, 6.45) is -0.129. The molecular formula is C15H22ClN3O3. The van der Waals surface area contributed by atoms with Crippen molar-refractivity contribution in [2.24, 2.45) is 5.92 Å². The number of nitrogens with one attached hydrogen (secondary N) is 1. The molecule has 1 amide bonds. The van der Waals surface area contributed by atoms with E-state index in [0.29, 0.717) is 17.9 Å². The van der Waals surface area contributed by atoms with Gasteiger partial charge in [-0.1, -0.05) is 0 Å². The summed E-state index contributed by atoms with van der Waals surface area (Å²) in [5.74, 6) is -0.611. The van der Waals surface area contributed by atoms with Crippen LogP contribution in [-0.2, 0) is 16.1 Å². The van der Waals surface area contributed by atoms with E-state index < -0.39 is 5.92 Å². The number of rotatable bonds is 4. The van der Waals surface area contributed by atoms with Crippen LogP contribution in [0.25, 0.3) is 0 Å². The summed E-state index contributed by atoms with van der Waals surface area (Å²) in [6.45, 7) is 8.18. The summed E-state index contributed by atoms with van der Waals surface area (Å²) in [6, 6.07) is 1.62. The fourth-order valence-corrected chi connectivity index (χ4v) is 3.01. The van der Waals surface area contributed by atoms with E-state index in [1.807, 2.05) is 27.7 Å². The van der Waals surface area contributed by atoms with Gasteiger partial charge >= 0.3 is 0 Å². The number of hydrogen-bond acceptors (Lipinski definition) is 5. The van der Waals surface area contributed by atoms with Crippen LogP contribution in [0.5, 0.6) is 0 Å². The average Bonchev–Trinajstić information content (AvgIpc) is 2.78. The lowest BCUT2D eigenvalue weighted by molar-refractivity contribution is -0.122. The summed E-state index contributed by atoms with van der Waals surface area (Å²) in [5, 5.41) is 12.1. The van der Waals surface area contributed by atoms with Gasteiger partial charge < -0.3 is 15.2 Å². The van der Waals surface area contributed by atoms with Crippen molar-refractivity contribution in [1.82, 2.24) is 15.3 Å². The van der Waals surface area contributed by atoms with Crippen molar-refractivity contribution in [2.75, 3.05) is 6.54 Å². The molecular weight excluding hydrogens is 306 g/mol. The van der Waals surface area contributed by atoms with E-state index in [1.54, 1.807) is 6.07 Å². The molecule has 122 valence electrons. The Balaban J connectivity index is 2.30. The predicted octanol–water partition coefficient (Wildman–Crippen LogP) is 1.66. The molecule has 0 aromatic carbocycles. The molecule has 0 radical (unpaired) electrons. The van der Waals surface area contributed by atoms with E-state index in [-0.39, 0.29) is 35.4 Å². The molecule has 1 aliphatic rings. The molecule has 1 aromatic heterocycles. The van der Waals surface area contributed by atoms with Crippen molar-refractivity contribution in [3.63, 3.8) is 0 Å². The highest BCUT2D eigenvalue weighted by molar-refractivity contribution is 6.28. The molecule has 2 rings (SSSR count). The van der Waals surface area contributed by atoms with Crippen LogP contribution >= 0.6 is 11.6 Å². The molecule has 1 aliphatic heterocycles. The topological polar surface area (TPSA) is 84.3 Å². The van der Waals surface area contributed by atoms with Crippen LogP contribution in [0.2, 0.25) is 5.28 Å². The average molecular weight is 328 g/mol. The number of ether oxygens (including phenoxy) is 1. The molecule has 0 saturated carbocycles.